The Labute approximate surface area is 177 Å². The highest BCUT2D eigenvalue weighted by Gasteiger charge is 2.14. The molecular weight excluding hydrogens is 386 g/mol. The molecule has 7 heteroatoms. The molecule has 2 rings (SSSR count). The number of hydrogen-bond donors (Lipinski definition) is 1. The molecular formula is C23H29NO6. The molecule has 0 spiro atoms. The molecule has 0 saturated heterocycles. The molecule has 1 N–H and O–H groups in total. The second-order valence-corrected chi connectivity index (χ2v) is 6.34. The lowest BCUT2D eigenvalue weighted by atomic mass is 10.1. The summed E-state index contributed by atoms with van der Waals surface area (Å²) in [4.78, 5) is 12.2. The average Bonchev–Trinajstić information content (AvgIpc) is 2.79. The van der Waals surface area contributed by atoms with Crippen molar-refractivity contribution < 1.29 is 28.5 Å². The number of aryl methyl sites for hydroxylation is 1. The van der Waals surface area contributed by atoms with E-state index in [1.54, 1.807) is 53.8 Å². The van der Waals surface area contributed by atoms with Gasteiger partial charge in [-0.3, -0.25) is 4.79 Å². The maximum atomic E-state index is 12.2. The molecule has 30 heavy (non-hydrogen) atoms. The predicted octanol–water partition coefficient (Wildman–Crippen LogP) is 3.49. The Morgan fingerprint density at radius 2 is 1.50 bits per heavy atom. The lowest BCUT2D eigenvalue weighted by molar-refractivity contribution is -0.116. The number of ether oxygens (including phenoxy) is 5. The molecule has 0 saturated carbocycles. The fraction of sp³-hybridized carbons (Fsp3) is 0.348. The van der Waals surface area contributed by atoms with Crippen LogP contribution in [0, 0.1) is 0 Å². The van der Waals surface area contributed by atoms with Gasteiger partial charge in [-0.15, -0.1) is 0 Å². The van der Waals surface area contributed by atoms with Crippen LogP contribution in [0.3, 0.4) is 0 Å². The van der Waals surface area contributed by atoms with Crippen LogP contribution in [-0.4, -0.2) is 48.0 Å². The highest BCUT2D eigenvalue weighted by Crippen LogP contribution is 2.40. The number of nitrogens with one attached hydrogen (secondary N) is 1. The third kappa shape index (κ3) is 5.83. The Morgan fingerprint density at radius 1 is 0.833 bits per heavy atom. The number of benzene rings is 2. The Morgan fingerprint density at radius 3 is 2.13 bits per heavy atom. The van der Waals surface area contributed by atoms with E-state index in [4.69, 9.17) is 23.7 Å². The van der Waals surface area contributed by atoms with Gasteiger partial charge in [0.1, 0.15) is 0 Å². The summed E-state index contributed by atoms with van der Waals surface area (Å²) < 4.78 is 26.6. The van der Waals surface area contributed by atoms with Crippen molar-refractivity contribution in [1.29, 1.82) is 0 Å². The molecule has 0 aromatic heterocycles. The van der Waals surface area contributed by atoms with Crippen LogP contribution < -0.4 is 29.0 Å². The third-order valence-corrected chi connectivity index (χ3v) is 4.54. The summed E-state index contributed by atoms with van der Waals surface area (Å²) in [5.74, 6) is 2.77. The van der Waals surface area contributed by atoms with Gasteiger partial charge in [-0.1, -0.05) is 6.07 Å². The molecule has 0 bridgehead atoms. The summed E-state index contributed by atoms with van der Waals surface area (Å²) in [5, 5.41) is 2.88. The second kappa shape index (κ2) is 11.6. The van der Waals surface area contributed by atoms with Gasteiger partial charge < -0.3 is 29.0 Å². The molecule has 0 fully saturated rings. The van der Waals surface area contributed by atoms with Crippen LogP contribution in [0.25, 0.3) is 6.08 Å². The Balaban J connectivity index is 1.90. The number of amides is 1. The molecule has 7 nitrogen and oxygen atoms in total. The quantitative estimate of drug-likeness (QED) is 0.447. The van der Waals surface area contributed by atoms with Gasteiger partial charge in [0.2, 0.25) is 11.7 Å². The fourth-order valence-corrected chi connectivity index (χ4v) is 3.02. The van der Waals surface area contributed by atoms with Crippen LogP contribution in [0.5, 0.6) is 28.7 Å². The van der Waals surface area contributed by atoms with Crippen LogP contribution in [0.4, 0.5) is 0 Å². The van der Waals surface area contributed by atoms with Crippen LogP contribution in [-0.2, 0) is 11.2 Å². The number of carbonyl (C=O) groups is 1. The highest BCUT2D eigenvalue weighted by molar-refractivity contribution is 5.92. The summed E-state index contributed by atoms with van der Waals surface area (Å²) in [5.41, 5.74) is 1.84. The largest absolute Gasteiger partial charge is 0.493 e. The summed E-state index contributed by atoms with van der Waals surface area (Å²) in [6, 6.07) is 9.39. The van der Waals surface area contributed by atoms with Crippen molar-refractivity contribution in [3.8, 4) is 28.7 Å². The zero-order chi connectivity index (χ0) is 21.9. The van der Waals surface area contributed by atoms with Gasteiger partial charge in [-0.25, -0.2) is 0 Å². The number of carbonyl (C=O) groups excluding carboxylic acids is 1. The Hall–Kier alpha value is -3.35. The van der Waals surface area contributed by atoms with Crippen molar-refractivity contribution in [3.05, 3.63) is 47.5 Å². The van der Waals surface area contributed by atoms with Crippen LogP contribution >= 0.6 is 0 Å². The van der Waals surface area contributed by atoms with E-state index in [9.17, 15) is 4.79 Å². The lowest BCUT2D eigenvalue weighted by Gasteiger charge is -2.14. The van der Waals surface area contributed by atoms with Gasteiger partial charge in [0.15, 0.2) is 23.0 Å². The van der Waals surface area contributed by atoms with E-state index in [1.165, 1.54) is 6.08 Å². The zero-order valence-corrected chi connectivity index (χ0v) is 18.1. The molecule has 1 amide bonds. The smallest absolute Gasteiger partial charge is 0.244 e. The molecule has 0 aliphatic carbocycles. The van der Waals surface area contributed by atoms with E-state index in [0.717, 1.165) is 24.0 Å². The zero-order valence-electron chi connectivity index (χ0n) is 18.1. The number of methoxy groups -OCH3 is 5. The van der Waals surface area contributed by atoms with E-state index < -0.39 is 0 Å². The molecule has 2 aromatic rings. The van der Waals surface area contributed by atoms with Crippen molar-refractivity contribution in [3.63, 3.8) is 0 Å². The molecule has 0 heterocycles. The SMILES string of the molecule is COc1ccc(CCCNC(=O)/C=C/c2ccc(OC)c(OC)c2OC)cc1OC. The molecule has 0 aliphatic heterocycles. The summed E-state index contributed by atoms with van der Waals surface area (Å²) in [6.07, 6.45) is 4.77. The highest BCUT2D eigenvalue weighted by atomic mass is 16.5. The first kappa shape index (κ1) is 22.9. The first-order chi connectivity index (χ1) is 14.6. The molecule has 0 radical (unpaired) electrons. The Kier molecular flexibility index (Phi) is 8.87. The molecule has 2 aromatic carbocycles. The van der Waals surface area contributed by atoms with Crippen molar-refractivity contribution in [1.82, 2.24) is 5.32 Å². The maximum absolute atomic E-state index is 12.2. The van der Waals surface area contributed by atoms with E-state index >= 15 is 0 Å². The minimum absolute atomic E-state index is 0.181. The topological polar surface area (TPSA) is 75.3 Å². The third-order valence-electron chi connectivity index (χ3n) is 4.54. The van der Waals surface area contributed by atoms with Gasteiger partial charge in [0, 0.05) is 18.2 Å². The van der Waals surface area contributed by atoms with Crippen molar-refractivity contribution in [2.24, 2.45) is 0 Å². The Bertz CT molecular complexity index is 878. The minimum Gasteiger partial charge on any atom is -0.493 e. The van der Waals surface area contributed by atoms with Gasteiger partial charge >= 0.3 is 0 Å². The van der Waals surface area contributed by atoms with Crippen molar-refractivity contribution in [2.45, 2.75) is 12.8 Å². The summed E-state index contributed by atoms with van der Waals surface area (Å²) in [6.45, 7) is 0.556. The maximum Gasteiger partial charge on any atom is 0.244 e. The molecule has 162 valence electrons. The monoisotopic (exact) mass is 415 g/mol. The van der Waals surface area contributed by atoms with E-state index in [1.807, 2.05) is 18.2 Å². The first-order valence-electron chi connectivity index (χ1n) is 9.53. The fourth-order valence-electron chi connectivity index (χ4n) is 3.02. The first-order valence-corrected chi connectivity index (χ1v) is 9.53. The summed E-state index contributed by atoms with van der Waals surface area (Å²) >= 11 is 0. The average molecular weight is 415 g/mol. The van der Waals surface area contributed by atoms with Gasteiger partial charge in [0.25, 0.3) is 0 Å². The molecule has 0 aliphatic rings. The molecule has 0 atom stereocenters. The second-order valence-electron chi connectivity index (χ2n) is 6.34. The van der Waals surface area contributed by atoms with Gasteiger partial charge in [0.05, 0.1) is 35.5 Å². The standard InChI is InChI=1S/C23H29NO6/c1-26-18-11-8-16(15-20(18)28-3)7-6-14-24-21(25)13-10-17-9-12-19(27-2)23(30-5)22(17)29-4/h8-13,15H,6-7,14H2,1-5H3,(H,24,25)/b13-10+. The van der Waals surface area contributed by atoms with Gasteiger partial charge in [-0.2, -0.15) is 0 Å². The summed E-state index contributed by atoms with van der Waals surface area (Å²) in [7, 11) is 7.86. The van der Waals surface area contributed by atoms with E-state index in [-0.39, 0.29) is 5.91 Å². The number of hydrogen-bond acceptors (Lipinski definition) is 6. The number of rotatable bonds is 11. The van der Waals surface area contributed by atoms with Crippen LogP contribution in [0.2, 0.25) is 0 Å². The van der Waals surface area contributed by atoms with E-state index in [2.05, 4.69) is 5.32 Å². The van der Waals surface area contributed by atoms with Gasteiger partial charge in [-0.05, 0) is 48.7 Å². The van der Waals surface area contributed by atoms with Crippen molar-refractivity contribution in [2.75, 3.05) is 42.1 Å². The minimum atomic E-state index is -0.181. The lowest BCUT2D eigenvalue weighted by Crippen LogP contribution is -2.22. The predicted molar refractivity (Wildman–Crippen MR) is 116 cm³/mol. The normalized spacial score (nSPS) is 10.6. The molecule has 0 unspecified atom stereocenters. The van der Waals surface area contributed by atoms with Crippen molar-refractivity contribution >= 4 is 12.0 Å². The van der Waals surface area contributed by atoms with E-state index in [0.29, 0.717) is 35.3 Å². The van der Waals surface area contributed by atoms with Crippen LogP contribution in [0.15, 0.2) is 36.4 Å². The van der Waals surface area contributed by atoms with Crippen LogP contribution in [0.1, 0.15) is 17.5 Å².